The number of nitrogens with two attached hydrogens (primary N) is 1. The zero-order valence-electron chi connectivity index (χ0n) is 6.15. The highest BCUT2D eigenvalue weighted by Crippen LogP contribution is 1.94. The predicted octanol–water partition coefficient (Wildman–Crippen LogP) is -0.554. The predicted molar refractivity (Wildman–Crippen MR) is 40.0 cm³/mol. The zero-order chi connectivity index (χ0) is 8.85. The molecule has 0 saturated carbocycles. The fourth-order valence-corrected chi connectivity index (χ4v) is 0.734. The molecule has 6 heteroatoms. The van der Waals surface area contributed by atoms with Gasteiger partial charge in [-0.2, -0.15) is 0 Å². The van der Waals surface area contributed by atoms with Crippen molar-refractivity contribution in [3.05, 3.63) is 0 Å². The average Bonchev–Trinajstić information content (AvgIpc) is 1.87. The van der Waals surface area contributed by atoms with E-state index < -0.39 is 22.4 Å². The van der Waals surface area contributed by atoms with Gasteiger partial charge in [-0.05, 0) is 6.92 Å². The Morgan fingerprint density at radius 3 is 2.73 bits per heavy atom. The quantitative estimate of drug-likeness (QED) is 0.448. The first-order valence-corrected chi connectivity index (χ1v) is 4.25. The van der Waals surface area contributed by atoms with Crippen LogP contribution in [0.4, 0.5) is 0 Å². The standard InChI is InChI=1S/C5H11NO4S/c1-2-10-5(7)3-4(6)11(8)9/h4H,2-3,6H2,1H3,(H,8,9). The van der Waals surface area contributed by atoms with Crippen LogP contribution in [-0.4, -0.2) is 26.7 Å². The summed E-state index contributed by atoms with van der Waals surface area (Å²) in [5, 5.41) is -1.05. The molecule has 0 spiro atoms. The van der Waals surface area contributed by atoms with Gasteiger partial charge in [0.15, 0.2) is 11.1 Å². The molecule has 3 N–H and O–H groups in total. The Hall–Kier alpha value is -0.460. The second kappa shape index (κ2) is 5.22. The van der Waals surface area contributed by atoms with E-state index in [0.717, 1.165) is 0 Å². The first kappa shape index (κ1) is 10.5. The van der Waals surface area contributed by atoms with Gasteiger partial charge >= 0.3 is 5.97 Å². The summed E-state index contributed by atoms with van der Waals surface area (Å²) in [6.07, 6.45) is -0.225. The van der Waals surface area contributed by atoms with Crippen LogP contribution in [0.1, 0.15) is 13.3 Å². The highest BCUT2D eigenvalue weighted by molar-refractivity contribution is 7.79. The van der Waals surface area contributed by atoms with Crippen LogP contribution in [0.5, 0.6) is 0 Å². The Labute approximate surface area is 67.2 Å². The van der Waals surface area contributed by atoms with E-state index in [1.165, 1.54) is 0 Å². The number of hydrogen-bond donors (Lipinski definition) is 2. The molecule has 0 radical (unpaired) electrons. The van der Waals surface area contributed by atoms with Gasteiger partial charge in [-0.15, -0.1) is 0 Å². The summed E-state index contributed by atoms with van der Waals surface area (Å²) < 4.78 is 23.1. The number of rotatable bonds is 4. The molecule has 0 rings (SSSR count). The van der Waals surface area contributed by atoms with Gasteiger partial charge < -0.3 is 15.0 Å². The summed E-state index contributed by atoms with van der Waals surface area (Å²) in [5.41, 5.74) is 5.10. The van der Waals surface area contributed by atoms with Crippen LogP contribution >= 0.6 is 0 Å². The molecule has 0 aromatic rings. The lowest BCUT2D eigenvalue weighted by Crippen LogP contribution is -2.29. The van der Waals surface area contributed by atoms with Crippen molar-refractivity contribution in [2.75, 3.05) is 6.61 Å². The van der Waals surface area contributed by atoms with Crippen LogP contribution in [0.25, 0.3) is 0 Å². The minimum absolute atomic E-state index is 0.225. The smallest absolute Gasteiger partial charge is 0.308 e. The Morgan fingerprint density at radius 1 is 1.82 bits per heavy atom. The molecular weight excluding hydrogens is 170 g/mol. The van der Waals surface area contributed by atoms with Gasteiger partial charge in [0, 0.05) is 0 Å². The van der Waals surface area contributed by atoms with Gasteiger partial charge in [-0.25, -0.2) is 4.21 Å². The molecule has 0 aromatic heterocycles. The molecule has 0 aliphatic carbocycles. The maximum atomic E-state index is 10.6. The van der Waals surface area contributed by atoms with Crippen molar-refractivity contribution in [1.82, 2.24) is 0 Å². The van der Waals surface area contributed by atoms with E-state index in [4.69, 9.17) is 10.3 Å². The Kier molecular flexibility index (Phi) is 5.01. The van der Waals surface area contributed by atoms with Crippen LogP contribution in [0.15, 0.2) is 0 Å². The van der Waals surface area contributed by atoms with Gasteiger partial charge in [0.2, 0.25) is 0 Å². The second-order valence-electron chi connectivity index (χ2n) is 1.82. The van der Waals surface area contributed by atoms with Crippen LogP contribution in [0, 0.1) is 0 Å². The molecule has 11 heavy (non-hydrogen) atoms. The molecule has 66 valence electrons. The number of esters is 1. The maximum Gasteiger partial charge on any atom is 0.308 e. The summed E-state index contributed by atoms with van der Waals surface area (Å²) in [6.45, 7) is 1.91. The van der Waals surface area contributed by atoms with Gasteiger partial charge in [0.1, 0.15) is 5.37 Å². The number of ether oxygens (including phenoxy) is 1. The van der Waals surface area contributed by atoms with Crippen molar-refractivity contribution in [3.63, 3.8) is 0 Å². The minimum Gasteiger partial charge on any atom is -0.466 e. The topological polar surface area (TPSA) is 89.6 Å². The minimum atomic E-state index is -2.16. The lowest BCUT2D eigenvalue weighted by molar-refractivity contribution is -0.143. The zero-order valence-corrected chi connectivity index (χ0v) is 6.97. The highest BCUT2D eigenvalue weighted by Gasteiger charge is 2.14. The Balaban J connectivity index is 3.66. The van der Waals surface area contributed by atoms with E-state index in [1.54, 1.807) is 6.92 Å². The van der Waals surface area contributed by atoms with Gasteiger partial charge in [0.05, 0.1) is 13.0 Å². The summed E-state index contributed by atoms with van der Waals surface area (Å²) >= 11 is -2.16. The number of carbonyl (C=O) groups is 1. The van der Waals surface area contributed by atoms with Crippen molar-refractivity contribution in [2.45, 2.75) is 18.7 Å². The fourth-order valence-electron chi connectivity index (χ4n) is 0.455. The molecule has 0 heterocycles. The van der Waals surface area contributed by atoms with Crippen LogP contribution in [0.3, 0.4) is 0 Å². The lowest BCUT2D eigenvalue weighted by Gasteiger charge is -2.05. The fraction of sp³-hybridized carbons (Fsp3) is 0.800. The van der Waals surface area contributed by atoms with E-state index in [0.29, 0.717) is 0 Å². The van der Waals surface area contributed by atoms with E-state index in [-0.39, 0.29) is 13.0 Å². The molecule has 2 unspecified atom stereocenters. The van der Waals surface area contributed by atoms with Crippen molar-refractivity contribution < 1.29 is 18.3 Å². The molecule has 0 aliphatic rings. The molecule has 0 saturated heterocycles. The first-order valence-electron chi connectivity index (χ1n) is 3.08. The molecule has 0 bridgehead atoms. The van der Waals surface area contributed by atoms with E-state index in [9.17, 15) is 9.00 Å². The number of carbonyl (C=O) groups excluding carboxylic acids is 1. The summed E-state index contributed by atoms with van der Waals surface area (Å²) in [6, 6.07) is 0. The van der Waals surface area contributed by atoms with E-state index in [1.807, 2.05) is 0 Å². The maximum absolute atomic E-state index is 10.6. The van der Waals surface area contributed by atoms with Gasteiger partial charge in [-0.3, -0.25) is 4.79 Å². The molecule has 5 nitrogen and oxygen atoms in total. The van der Waals surface area contributed by atoms with Crippen molar-refractivity contribution in [1.29, 1.82) is 0 Å². The van der Waals surface area contributed by atoms with E-state index >= 15 is 0 Å². The molecule has 0 fully saturated rings. The van der Waals surface area contributed by atoms with Gasteiger partial charge in [-0.1, -0.05) is 0 Å². The SMILES string of the molecule is CCOC(=O)CC(N)S(=O)O. The number of hydrogen-bond acceptors (Lipinski definition) is 4. The molecule has 0 aromatic carbocycles. The van der Waals surface area contributed by atoms with E-state index in [2.05, 4.69) is 4.74 Å². The van der Waals surface area contributed by atoms with Crippen molar-refractivity contribution in [3.8, 4) is 0 Å². The third-order valence-electron chi connectivity index (χ3n) is 0.932. The van der Waals surface area contributed by atoms with Crippen LogP contribution < -0.4 is 5.73 Å². The van der Waals surface area contributed by atoms with Crippen molar-refractivity contribution in [2.24, 2.45) is 5.73 Å². The summed E-state index contributed by atoms with van der Waals surface area (Å²) in [5.74, 6) is -0.553. The molecular formula is C5H11NO4S. The normalized spacial score (nSPS) is 15.5. The third kappa shape index (κ3) is 4.88. The first-order chi connectivity index (χ1) is 5.07. The Morgan fingerprint density at radius 2 is 2.36 bits per heavy atom. The summed E-state index contributed by atoms with van der Waals surface area (Å²) in [4.78, 5) is 10.6. The Bertz CT molecular complexity index is 161. The second-order valence-corrected chi connectivity index (χ2v) is 2.98. The van der Waals surface area contributed by atoms with Crippen molar-refractivity contribution >= 4 is 17.0 Å². The monoisotopic (exact) mass is 181 g/mol. The largest absolute Gasteiger partial charge is 0.466 e. The molecule has 2 atom stereocenters. The third-order valence-corrected chi connectivity index (χ3v) is 1.62. The lowest BCUT2D eigenvalue weighted by atomic mass is 10.4. The van der Waals surface area contributed by atoms with Crippen LogP contribution in [-0.2, 0) is 20.6 Å². The van der Waals surface area contributed by atoms with Gasteiger partial charge in [0.25, 0.3) is 0 Å². The molecule has 0 amide bonds. The average molecular weight is 181 g/mol. The highest BCUT2D eigenvalue weighted by atomic mass is 32.2. The molecule has 0 aliphatic heterocycles. The van der Waals surface area contributed by atoms with Crippen LogP contribution in [0.2, 0.25) is 0 Å². The summed E-state index contributed by atoms with van der Waals surface area (Å²) in [7, 11) is 0.